The Labute approximate surface area is 171 Å². The number of hydrogen-bond acceptors (Lipinski definition) is 2. The number of rotatable bonds is 4. The fraction of sp³-hybridized carbons (Fsp3) is 0.0476. The van der Waals surface area contributed by atoms with E-state index in [4.69, 9.17) is 23.8 Å². The highest BCUT2D eigenvalue weighted by Gasteiger charge is 2.07. The van der Waals surface area contributed by atoms with E-state index in [9.17, 15) is 4.39 Å². The molecule has 4 nitrogen and oxygen atoms in total. The van der Waals surface area contributed by atoms with Crippen LogP contribution in [-0.4, -0.2) is 14.9 Å². The molecule has 0 unspecified atom stereocenters. The molecule has 0 radical (unpaired) electrons. The molecule has 1 heterocycles. The van der Waals surface area contributed by atoms with Gasteiger partial charge in [0.2, 0.25) is 0 Å². The van der Waals surface area contributed by atoms with Crippen LogP contribution >= 0.6 is 23.8 Å². The molecule has 140 valence electrons. The predicted molar refractivity (Wildman–Crippen MR) is 117 cm³/mol. The minimum atomic E-state index is -0.360. The molecule has 0 bridgehead atoms. The van der Waals surface area contributed by atoms with Crippen LogP contribution in [0.25, 0.3) is 10.8 Å². The second kappa shape index (κ2) is 7.96. The first kappa shape index (κ1) is 18.4. The maximum absolute atomic E-state index is 13.2. The zero-order chi connectivity index (χ0) is 19.5. The average Bonchev–Trinajstić information content (AvgIpc) is 3.11. The molecule has 0 atom stereocenters. The molecule has 0 aliphatic carbocycles. The van der Waals surface area contributed by atoms with Crippen LogP contribution in [0.5, 0.6) is 0 Å². The first-order chi connectivity index (χ1) is 13.6. The van der Waals surface area contributed by atoms with Gasteiger partial charge in [-0.1, -0.05) is 54.1 Å². The van der Waals surface area contributed by atoms with Gasteiger partial charge in [0.05, 0.1) is 6.54 Å². The molecule has 0 saturated heterocycles. The summed E-state index contributed by atoms with van der Waals surface area (Å²) in [5.74, 6) is 0.248. The Balaban J connectivity index is 1.44. The van der Waals surface area contributed by atoms with Crippen molar-refractivity contribution in [3.05, 3.63) is 89.3 Å². The first-order valence-corrected chi connectivity index (χ1v) is 9.40. The molecule has 7 heteroatoms. The maximum Gasteiger partial charge on any atom is 0.176 e. The monoisotopic (exact) mass is 410 g/mol. The van der Waals surface area contributed by atoms with Gasteiger partial charge in [0.1, 0.15) is 5.82 Å². The Morgan fingerprint density at radius 3 is 2.71 bits per heavy atom. The van der Waals surface area contributed by atoms with Crippen LogP contribution < -0.4 is 10.6 Å². The third-order valence-corrected chi connectivity index (χ3v) is 4.82. The number of thiocarbonyl (C=S) groups is 1. The number of aromatic nitrogens is 2. The minimum Gasteiger partial charge on any atom is -0.332 e. The maximum atomic E-state index is 13.2. The zero-order valence-electron chi connectivity index (χ0n) is 14.7. The predicted octanol–water partition coefficient (Wildman–Crippen LogP) is 5.69. The van der Waals surface area contributed by atoms with Crippen LogP contribution in [-0.2, 0) is 6.54 Å². The molecule has 0 fully saturated rings. The standard InChI is InChI=1S/C21H16ClFN4S/c22-18-12-16(23)9-8-15(18)13-27-11-10-20(26-27)25-21(28)24-19-7-3-5-14-4-1-2-6-17(14)19/h1-12H,13H2,(H2,24,25,26,28). The summed E-state index contributed by atoms with van der Waals surface area (Å²) < 4.78 is 14.9. The normalized spacial score (nSPS) is 10.8. The summed E-state index contributed by atoms with van der Waals surface area (Å²) in [6, 6.07) is 20.2. The molecular formula is C21H16ClFN4S. The third-order valence-electron chi connectivity index (χ3n) is 4.27. The summed E-state index contributed by atoms with van der Waals surface area (Å²) in [4.78, 5) is 0. The number of nitrogens with one attached hydrogen (secondary N) is 2. The van der Waals surface area contributed by atoms with Crippen LogP contribution in [0, 0.1) is 5.82 Å². The number of hydrogen-bond donors (Lipinski definition) is 2. The summed E-state index contributed by atoms with van der Waals surface area (Å²) >= 11 is 11.5. The number of halogens is 2. The van der Waals surface area contributed by atoms with Crippen LogP contribution in [0.1, 0.15) is 5.56 Å². The van der Waals surface area contributed by atoms with Gasteiger partial charge in [0.15, 0.2) is 10.9 Å². The van der Waals surface area contributed by atoms with Gasteiger partial charge >= 0.3 is 0 Å². The van der Waals surface area contributed by atoms with Crippen molar-refractivity contribution in [2.75, 3.05) is 10.6 Å². The Morgan fingerprint density at radius 2 is 1.86 bits per heavy atom. The Kier molecular flexibility index (Phi) is 5.23. The third kappa shape index (κ3) is 4.13. The summed E-state index contributed by atoms with van der Waals surface area (Å²) in [6.07, 6.45) is 1.81. The van der Waals surface area contributed by atoms with Crippen molar-refractivity contribution < 1.29 is 4.39 Å². The van der Waals surface area contributed by atoms with E-state index in [2.05, 4.69) is 27.9 Å². The van der Waals surface area contributed by atoms with E-state index in [1.165, 1.54) is 12.1 Å². The second-order valence-electron chi connectivity index (χ2n) is 6.24. The molecular weight excluding hydrogens is 395 g/mol. The lowest BCUT2D eigenvalue weighted by Gasteiger charge is -2.11. The molecule has 1 aromatic heterocycles. The zero-order valence-corrected chi connectivity index (χ0v) is 16.3. The molecule has 3 aromatic carbocycles. The fourth-order valence-electron chi connectivity index (χ4n) is 2.95. The smallest absolute Gasteiger partial charge is 0.176 e. The van der Waals surface area contributed by atoms with Crippen molar-refractivity contribution in [3.63, 3.8) is 0 Å². The van der Waals surface area contributed by atoms with Gasteiger partial charge in [-0.25, -0.2) is 4.39 Å². The highest BCUT2D eigenvalue weighted by Crippen LogP contribution is 2.23. The number of anilines is 2. The first-order valence-electron chi connectivity index (χ1n) is 8.62. The van der Waals surface area contributed by atoms with Gasteiger partial charge < -0.3 is 10.6 Å². The van der Waals surface area contributed by atoms with Gasteiger partial charge in [0, 0.05) is 28.4 Å². The Bertz CT molecular complexity index is 1150. The topological polar surface area (TPSA) is 41.9 Å². The van der Waals surface area contributed by atoms with E-state index in [0.29, 0.717) is 22.5 Å². The van der Waals surface area contributed by atoms with Crippen molar-refractivity contribution in [1.82, 2.24) is 9.78 Å². The number of fused-ring (bicyclic) bond motifs is 1. The van der Waals surface area contributed by atoms with E-state index in [0.717, 1.165) is 22.0 Å². The van der Waals surface area contributed by atoms with Crippen molar-refractivity contribution >= 4 is 51.2 Å². The van der Waals surface area contributed by atoms with Gasteiger partial charge in [-0.3, -0.25) is 4.68 Å². The van der Waals surface area contributed by atoms with Crippen LogP contribution in [0.4, 0.5) is 15.9 Å². The molecule has 0 saturated carbocycles. The SMILES string of the molecule is Fc1ccc(Cn2ccc(NC(=S)Nc3cccc4ccccc34)n2)c(Cl)c1. The second-order valence-corrected chi connectivity index (χ2v) is 7.06. The molecule has 4 aromatic rings. The summed E-state index contributed by atoms with van der Waals surface area (Å²) in [7, 11) is 0. The van der Waals surface area contributed by atoms with Crippen molar-refractivity contribution in [1.29, 1.82) is 0 Å². The van der Waals surface area contributed by atoms with Gasteiger partial charge in [0.25, 0.3) is 0 Å². The Morgan fingerprint density at radius 1 is 1.04 bits per heavy atom. The van der Waals surface area contributed by atoms with Gasteiger partial charge in [-0.05, 0) is 41.4 Å². The lowest BCUT2D eigenvalue weighted by atomic mass is 10.1. The average molecular weight is 411 g/mol. The molecule has 2 N–H and O–H groups in total. The largest absolute Gasteiger partial charge is 0.332 e. The van der Waals surface area contributed by atoms with Crippen molar-refractivity contribution in [2.24, 2.45) is 0 Å². The van der Waals surface area contributed by atoms with E-state index in [1.807, 2.05) is 42.6 Å². The van der Waals surface area contributed by atoms with Gasteiger partial charge in [-0.2, -0.15) is 5.10 Å². The number of benzene rings is 3. The van der Waals surface area contributed by atoms with Crippen molar-refractivity contribution in [2.45, 2.75) is 6.54 Å². The van der Waals surface area contributed by atoms with Crippen molar-refractivity contribution in [3.8, 4) is 0 Å². The molecule has 4 rings (SSSR count). The highest BCUT2D eigenvalue weighted by molar-refractivity contribution is 7.80. The lowest BCUT2D eigenvalue weighted by molar-refractivity contribution is 0.624. The fourth-order valence-corrected chi connectivity index (χ4v) is 3.39. The number of nitrogens with zero attached hydrogens (tertiary/aromatic N) is 2. The molecule has 0 aliphatic rings. The molecule has 0 aliphatic heterocycles. The van der Waals surface area contributed by atoms with Crippen LogP contribution in [0.2, 0.25) is 5.02 Å². The molecule has 28 heavy (non-hydrogen) atoms. The molecule has 0 spiro atoms. The quantitative estimate of drug-likeness (QED) is 0.424. The summed E-state index contributed by atoms with van der Waals surface area (Å²) in [5, 5.41) is 13.8. The minimum absolute atomic E-state index is 0.360. The van der Waals surface area contributed by atoms with Crippen LogP contribution in [0.15, 0.2) is 72.9 Å². The van der Waals surface area contributed by atoms with Gasteiger partial charge in [-0.15, -0.1) is 0 Å². The Hall–Kier alpha value is -2.96. The summed E-state index contributed by atoms with van der Waals surface area (Å²) in [5.41, 5.74) is 1.71. The van der Waals surface area contributed by atoms with E-state index >= 15 is 0 Å². The highest BCUT2D eigenvalue weighted by atomic mass is 35.5. The van der Waals surface area contributed by atoms with E-state index < -0.39 is 0 Å². The van der Waals surface area contributed by atoms with E-state index in [-0.39, 0.29) is 5.82 Å². The lowest BCUT2D eigenvalue weighted by Crippen LogP contribution is -2.19. The van der Waals surface area contributed by atoms with Crippen LogP contribution in [0.3, 0.4) is 0 Å². The molecule has 0 amide bonds. The summed E-state index contributed by atoms with van der Waals surface area (Å²) in [6.45, 7) is 0.435. The van der Waals surface area contributed by atoms with E-state index in [1.54, 1.807) is 10.7 Å².